The molecule has 0 saturated heterocycles. The van der Waals surface area contributed by atoms with E-state index >= 15 is 0 Å². The van der Waals surface area contributed by atoms with Crippen molar-refractivity contribution < 1.29 is 13.9 Å². The van der Waals surface area contributed by atoms with E-state index in [2.05, 4.69) is 36.6 Å². The third-order valence-corrected chi connectivity index (χ3v) is 3.26. The number of esters is 1. The van der Waals surface area contributed by atoms with E-state index in [0.29, 0.717) is 8.95 Å². The quantitative estimate of drug-likeness (QED) is 0.588. The van der Waals surface area contributed by atoms with Crippen molar-refractivity contribution in [2.45, 2.75) is 0 Å². The van der Waals surface area contributed by atoms with Crippen LogP contribution < -0.4 is 0 Å². The molecule has 0 unspecified atom stereocenters. The van der Waals surface area contributed by atoms with E-state index in [1.807, 2.05) is 0 Å². The second-order valence-electron chi connectivity index (χ2n) is 2.24. The van der Waals surface area contributed by atoms with Crippen LogP contribution in [0, 0.1) is 5.82 Å². The highest BCUT2D eigenvalue weighted by Gasteiger charge is 2.14. The fourth-order valence-electron chi connectivity index (χ4n) is 0.789. The van der Waals surface area contributed by atoms with Gasteiger partial charge in [-0.05, 0) is 44.0 Å². The summed E-state index contributed by atoms with van der Waals surface area (Å²) in [4.78, 5) is 11.0. The molecule has 0 aliphatic carbocycles. The number of methoxy groups -OCH3 is 1. The predicted octanol–water partition coefficient (Wildman–Crippen LogP) is 3.14. The Morgan fingerprint density at radius 2 is 1.92 bits per heavy atom. The monoisotopic (exact) mass is 310 g/mol. The molecule has 0 atom stereocenters. The Hall–Kier alpha value is -0.420. The molecule has 0 amide bonds. The van der Waals surface area contributed by atoms with Gasteiger partial charge < -0.3 is 4.74 Å². The van der Waals surface area contributed by atoms with Crippen molar-refractivity contribution in [3.8, 4) is 0 Å². The van der Waals surface area contributed by atoms with Gasteiger partial charge in [-0.25, -0.2) is 9.18 Å². The molecule has 13 heavy (non-hydrogen) atoms. The van der Waals surface area contributed by atoms with Crippen LogP contribution in [-0.2, 0) is 4.74 Å². The van der Waals surface area contributed by atoms with Crippen LogP contribution in [0.4, 0.5) is 4.39 Å². The number of benzene rings is 1. The molecular weight excluding hydrogens is 307 g/mol. The average Bonchev–Trinajstić information content (AvgIpc) is 2.10. The minimum Gasteiger partial charge on any atom is -0.465 e. The number of hydrogen-bond donors (Lipinski definition) is 0. The van der Waals surface area contributed by atoms with Crippen LogP contribution >= 0.6 is 31.9 Å². The number of ether oxygens (including phenoxy) is 1. The average molecular weight is 312 g/mol. The van der Waals surface area contributed by atoms with E-state index in [9.17, 15) is 9.18 Å². The van der Waals surface area contributed by atoms with E-state index in [-0.39, 0.29) is 5.56 Å². The summed E-state index contributed by atoms with van der Waals surface area (Å²) in [7, 11) is 1.21. The lowest BCUT2D eigenvalue weighted by Crippen LogP contribution is -2.04. The third-order valence-electron chi connectivity index (χ3n) is 1.42. The molecule has 0 bridgehead atoms. The van der Waals surface area contributed by atoms with Crippen LogP contribution in [0.3, 0.4) is 0 Å². The standard InChI is InChI=1S/C8H5Br2FO2/c1-13-8(12)4-2-5(9)6(10)3-7(4)11/h2-3H,1H3. The number of halogens is 3. The Balaban J connectivity index is 3.23. The van der Waals surface area contributed by atoms with Gasteiger partial charge in [0.1, 0.15) is 5.82 Å². The Morgan fingerprint density at radius 1 is 1.38 bits per heavy atom. The SMILES string of the molecule is COC(=O)c1cc(Br)c(Br)cc1F. The number of hydrogen-bond acceptors (Lipinski definition) is 2. The lowest BCUT2D eigenvalue weighted by Gasteiger charge is -2.02. The van der Waals surface area contributed by atoms with Crippen LogP contribution in [0.15, 0.2) is 21.1 Å². The molecule has 0 saturated carbocycles. The summed E-state index contributed by atoms with van der Waals surface area (Å²) in [5, 5.41) is 0. The maximum absolute atomic E-state index is 13.1. The molecule has 0 heterocycles. The number of rotatable bonds is 1. The Morgan fingerprint density at radius 3 is 2.46 bits per heavy atom. The van der Waals surface area contributed by atoms with E-state index in [1.54, 1.807) is 0 Å². The highest BCUT2D eigenvalue weighted by atomic mass is 79.9. The predicted molar refractivity (Wildman–Crippen MR) is 53.1 cm³/mol. The minimum absolute atomic E-state index is 0.0856. The van der Waals surface area contributed by atoms with Gasteiger partial charge in [-0.2, -0.15) is 0 Å². The van der Waals surface area contributed by atoms with Crippen molar-refractivity contribution in [2.75, 3.05) is 7.11 Å². The second kappa shape index (κ2) is 4.19. The highest BCUT2D eigenvalue weighted by molar-refractivity contribution is 9.13. The van der Waals surface area contributed by atoms with E-state index < -0.39 is 11.8 Å². The van der Waals surface area contributed by atoms with E-state index in [1.165, 1.54) is 19.2 Å². The van der Waals surface area contributed by atoms with E-state index in [4.69, 9.17) is 0 Å². The molecule has 0 aliphatic heterocycles. The zero-order valence-corrected chi connectivity index (χ0v) is 9.78. The second-order valence-corrected chi connectivity index (χ2v) is 3.95. The maximum atomic E-state index is 13.1. The molecule has 0 N–H and O–H groups in total. The van der Waals surface area contributed by atoms with Crippen LogP contribution in [0.1, 0.15) is 10.4 Å². The fraction of sp³-hybridized carbons (Fsp3) is 0.125. The third kappa shape index (κ3) is 2.28. The summed E-state index contributed by atoms with van der Waals surface area (Å²) in [5.41, 5.74) is -0.0856. The lowest BCUT2D eigenvalue weighted by atomic mass is 10.2. The van der Waals surface area contributed by atoms with Gasteiger partial charge in [0.2, 0.25) is 0 Å². The molecule has 1 aromatic carbocycles. The van der Waals surface area contributed by atoms with Gasteiger partial charge in [0.25, 0.3) is 0 Å². The summed E-state index contributed by atoms with van der Waals surface area (Å²) in [5.74, 6) is -1.30. The topological polar surface area (TPSA) is 26.3 Å². The molecule has 0 aliphatic rings. The molecule has 70 valence electrons. The van der Waals surface area contributed by atoms with Gasteiger partial charge in [0.15, 0.2) is 0 Å². The van der Waals surface area contributed by atoms with Crippen LogP contribution in [-0.4, -0.2) is 13.1 Å². The van der Waals surface area contributed by atoms with Gasteiger partial charge in [-0.15, -0.1) is 0 Å². The summed E-state index contributed by atoms with van der Waals surface area (Å²) < 4.78 is 18.7. The Labute approximate surface area is 91.3 Å². The largest absolute Gasteiger partial charge is 0.465 e. The van der Waals surface area contributed by atoms with Gasteiger partial charge in [-0.3, -0.25) is 0 Å². The molecular formula is C8H5Br2FO2. The van der Waals surface area contributed by atoms with Crippen molar-refractivity contribution in [3.05, 3.63) is 32.5 Å². The molecule has 0 aromatic heterocycles. The van der Waals surface area contributed by atoms with Gasteiger partial charge in [-0.1, -0.05) is 0 Å². The van der Waals surface area contributed by atoms with Gasteiger partial charge in [0.05, 0.1) is 12.7 Å². The molecule has 0 radical (unpaired) electrons. The zero-order valence-electron chi connectivity index (χ0n) is 6.61. The smallest absolute Gasteiger partial charge is 0.340 e. The zero-order chi connectivity index (χ0) is 10.0. The molecule has 1 rings (SSSR count). The molecule has 2 nitrogen and oxygen atoms in total. The first-order valence-corrected chi connectivity index (χ1v) is 4.87. The van der Waals surface area contributed by atoms with Crippen molar-refractivity contribution in [3.63, 3.8) is 0 Å². The number of carbonyl (C=O) groups is 1. The maximum Gasteiger partial charge on any atom is 0.340 e. The lowest BCUT2D eigenvalue weighted by molar-refractivity contribution is 0.0595. The molecule has 0 fully saturated rings. The van der Waals surface area contributed by atoms with Crippen molar-refractivity contribution in [2.24, 2.45) is 0 Å². The van der Waals surface area contributed by atoms with Crippen LogP contribution in [0.5, 0.6) is 0 Å². The van der Waals surface area contributed by atoms with Crippen molar-refractivity contribution in [1.82, 2.24) is 0 Å². The van der Waals surface area contributed by atoms with Crippen LogP contribution in [0.2, 0.25) is 0 Å². The van der Waals surface area contributed by atoms with E-state index in [0.717, 1.165) is 0 Å². The van der Waals surface area contributed by atoms with Crippen LogP contribution in [0.25, 0.3) is 0 Å². The first-order chi connectivity index (χ1) is 6.06. The van der Waals surface area contributed by atoms with Gasteiger partial charge >= 0.3 is 5.97 Å². The summed E-state index contributed by atoms with van der Waals surface area (Å²) in [6.45, 7) is 0. The summed E-state index contributed by atoms with van der Waals surface area (Å²) in [6, 6.07) is 2.57. The minimum atomic E-state index is -0.689. The first kappa shape index (κ1) is 10.7. The molecule has 1 aromatic rings. The molecule has 0 spiro atoms. The highest BCUT2D eigenvalue weighted by Crippen LogP contribution is 2.26. The summed E-state index contributed by atoms with van der Waals surface area (Å²) in [6.07, 6.45) is 0. The summed E-state index contributed by atoms with van der Waals surface area (Å²) >= 11 is 6.27. The van der Waals surface area contributed by atoms with Crippen molar-refractivity contribution >= 4 is 37.8 Å². The Kier molecular flexibility index (Phi) is 3.44. The van der Waals surface area contributed by atoms with Crippen molar-refractivity contribution in [1.29, 1.82) is 0 Å². The van der Waals surface area contributed by atoms with Gasteiger partial charge in [0, 0.05) is 8.95 Å². The first-order valence-electron chi connectivity index (χ1n) is 3.29. The number of carbonyl (C=O) groups excluding carboxylic acids is 1. The molecule has 5 heteroatoms. The fourth-order valence-corrected chi connectivity index (χ4v) is 1.45. The normalized spacial score (nSPS) is 9.85. The Bertz CT molecular complexity index is 352.